The molecule has 1 atom stereocenters. The molecule has 1 aromatic rings. The fraction of sp³-hybridized carbons (Fsp3) is 0.222. The Bertz CT molecular complexity index is 464. The van der Waals surface area contributed by atoms with Gasteiger partial charge in [-0.15, -0.1) is 0 Å². The van der Waals surface area contributed by atoms with E-state index >= 15 is 0 Å². The highest BCUT2D eigenvalue weighted by molar-refractivity contribution is 9.10. The number of oxime groups is 1. The third kappa shape index (κ3) is 3.06. The lowest BCUT2D eigenvalue weighted by Gasteiger charge is -2.14. The number of benzene rings is 1. The molecule has 0 fully saturated rings. The van der Waals surface area contributed by atoms with Crippen molar-refractivity contribution in [1.29, 1.82) is 0 Å². The number of nitro benzene ring substituents is 1. The Morgan fingerprint density at radius 3 is 2.88 bits per heavy atom. The van der Waals surface area contributed by atoms with E-state index in [4.69, 9.17) is 15.7 Å². The Morgan fingerprint density at radius 1 is 1.71 bits per heavy atom. The summed E-state index contributed by atoms with van der Waals surface area (Å²) in [7, 11) is 0. The van der Waals surface area contributed by atoms with Crippen molar-refractivity contribution < 1.29 is 14.9 Å². The van der Waals surface area contributed by atoms with E-state index in [0.717, 1.165) is 0 Å². The summed E-state index contributed by atoms with van der Waals surface area (Å²) in [6.45, 7) is 1.56. The van der Waals surface area contributed by atoms with Crippen LogP contribution in [0.5, 0.6) is 5.75 Å². The van der Waals surface area contributed by atoms with Gasteiger partial charge in [0.15, 0.2) is 11.9 Å². The molecule has 17 heavy (non-hydrogen) atoms. The Morgan fingerprint density at radius 2 is 2.35 bits per heavy atom. The van der Waals surface area contributed by atoms with E-state index in [2.05, 4.69) is 21.1 Å². The van der Waals surface area contributed by atoms with Gasteiger partial charge in [-0.25, -0.2) is 0 Å². The van der Waals surface area contributed by atoms with Crippen LogP contribution < -0.4 is 10.5 Å². The van der Waals surface area contributed by atoms with Crippen LogP contribution in [0.4, 0.5) is 5.69 Å². The second-order valence-corrected chi connectivity index (χ2v) is 3.92. The Hall–Kier alpha value is -1.83. The number of hydrogen-bond acceptors (Lipinski definition) is 5. The van der Waals surface area contributed by atoms with Crippen LogP contribution in [-0.2, 0) is 0 Å². The highest BCUT2D eigenvalue weighted by atomic mass is 79.9. The molecule has 1 unspecified atom stereocenters. The Kier molecular flexibility index (Phi) is 4.27. The summed E-state index contributed by atoms with van der Waals surface area (Å²) in [5, 5.41) is 21.9. The standard InChI is InChI=1S/C9H10BrN3O4/c1-5(9(11)12-14)17-7-4-2-3-6(8(7)10)13(15)16/h2-5,14H,1H3,(H2,11,12). The van der Waals surface area contributed by atoms with Crippen LogP contribution in [0.2, 0.25) is 0 Å². The van der Waals surface area contributed by atoms with Crippen LogP contribution in [0.15, 0.2) is 27.8 Å². The topological polar surface area (TPSA) is 111 Å². The van der Waals surface area contributed by atoms with Crippen LogP contribution >= 0.6 is 15.9 Å². The van der Waals surface area contributed by atoms with E-state index in [1.54, 1.807) is 6.92 Å². The van der Waals surface area contributed by atoms with Crippen molar-refractivity contribution >= 4 is 27.5 Å². The highest BCUT2D eigenvalue weighted by Gasteiger charge is 2.18. The maximum absolute atomic E-state index is 10.7. The van der Waals surface area contributed by atoms with Crippen molar-refractivity contribution in [3.05, 3.63) is 32.8 Å². The number of ether oxygens (including phenoxy) is 1. The van der Waals surface area contributed by atoms with Gasteiger partial charge in [0.1, 0.15) is 10.2 Å². The van der Waals surface area contributed by atoms with E-state index in [-0.39, 0.29) is 21.7 Å². The average molecular weight is 304 g/mol. The molecule has 0 amide bonds. The maximum atomic E-state index is 10.7. The zero-order valence-electron chi connectivity index (χ0n) is 8.83. The molecule has 0 aliphatic rings. The van der Waals surface area contributed by atoms with E-state index in [9.17, 15) is 10.1 Å². The van der Waals surface area contributed by atoms with Crippen LogP contribution in [0.3, 0.4) is 0 Å². The van der Waals surface area contributed by atoms with Crippen molar-refractivity contribution in [2.45, 2.75) is 13.0 Å². The van der Waals surface area contributed by atoms with Crippen LogP contribution in [0, 0.1) is 10.1 Å². The minimum Gasteiger partial charge on any atom is -0.481 e. The maximum Gasteiger partial charge on any atom is 0.287 e. The smallest absolute Gasteiger partial charge is 0.287 e. The monoisotopic (exact) mass is 303 g/mol. The van der Waals surface area contributed by atoms with E-state index in [1.165, 1.54) is 18.2 Å². The van der Waals surface area contributed by atoms with E-state index in [0.29, 0.717) is 0 Å². The molecule has 0 aliphatic heterocycles. The van der Waals surface area contributed by atoms with Gasteiger partial charge in [-0.3, -0.25) is 10.1 Å². The quantitative estimate of drug-likeness (QED) is 0.290. The minimum absolute atomic E-state index is 0.116. The summed E-state index contributed by atoms with van der Waals surface area (Å²) in [6.07, 6.45) is -0.696. The van der Waals surface area contributed by atoms with Gasteiger partial charge in [0.05, 0.1) is 4.92 Å². The number of nitrogens with zero attached hydrogens (tertiary/aromatic N) is 2. The number of rotatable bonds is 4. The second-order valence-electron chi connectivity index (χ2n) is 3.13. The molecule has 0 radical (unpaired) electrons. The van der Waals surface area contributed by atoms with E-state index in [1.807, 2.05) is 0 Å². The molecule has 7 nitrogen and oxygen atoms in total. The Balaban J connectivity index is 3.00. The highest BCUT2D eigenvalue weighted by Crippen LogP contribution is 2.34. The second kappa shape index (κ2) is 5.48. The molecular weight excluding hydrogens is 294 g/mol. The van der Waals surface area contributed by atoms with Gasteiger partial charge in [-0.2, -0.15) is 0 Å². The third-order valence-electron chi connectivity index (χ3n) is 1.98. The molecule has 0 aliphatic carbocycles. The number of amidine groups is 1. The van der Waals surface area contributed by atoms with Gasteiger partial charge in [-0.1, -0.05) is 11.2 Å². The molecule has 0 aromatic heterocycles. The molecular formula is C9H10BrN3O4. The van der Waals surface area contributed by atoms with Crippen LogP contribution in [0.1, 0.15) is 6.92 Å². The summed E-state index contributed by atoms with van der Waals surface area (Å²) in [5.41, 5.74) is 5.22. The van der Waals surface area contributed by atoms with Crippen molar-refractivity contribution in [2.24, 2.45) is 10.9 Å². The zero-order chi connectivity index (χ0) is 13.0. The number of nitrogens with two attached hydrogens (primary N) is 1. The van der Waals surface area contributed by atoms with Gasteiger partial charge in [-0.05, 0) is 28.9 Å². The van der Waals surface area contributed by atoms with E-state index < -0.39 is 11.0 Å². The molecule has 0 heterocycles. The van der Waals surface area contributed by atoms with Crippen LogP contribution in [0.25, 0.3) is 0 Å². The predicted molar refractivity (Wildman–Crippen MR) is 64.3 cm³/mol. The first-order valence-electron chi connectivity index (χ1n) is 4.54. The summed E-state index contributed by atoms with van der Waals surface area (Å²) >= 11 is 3.07. The first-order valence-corrected chi connectivity index (χ1v) is 5.33. The average Bonchev–Trinajstić information content (AvgIpc) is 2.30. The molecule has 1 aromatic carbocycles. The summed E-state index contributed by atoms with van der Waals surface area (Å²) in [4.78, 5) is 10.1. The van der Waals surface area contributed by atoms with Gasteiger partial charge in [0.25, 0.3) is 5.69 Å². The molecule has 0 spiro atoms. The van der Waals surface area contributed by atoms with Gasteiger partial charge in [0.2, 0.25) is 0 Å². The van der Waals surface area contributed by atoms with Crippen molar-refractivity contribution in [2.75, 3.05) is 0 Å². The summed E-state index contributed by atoms with van der Waals surface area (Å²) in [6, 6.07) is 4.36. The number of hydrogen-bond donors (Lipinski definition) is 2. The normalized spacial score (nSPS) is 13.2. The molecule has 0 bridgehead atoms. The van der Waals surface area contributed by atoms with Gasteiger partial charge < -0.3 is 15.7 Å². The first-order chi connectivity index (χ1) is 7.97. The largest absolute Gasteiger partial charge is 0.481 e. The molecule has 92 valence electrons. The van der Waals surface area contributed by atoms with Crippen molar-refractivity contribution in [1.82, 2.24) is 0 Å². The van der Waals surface area contributed by atoms with Crippen molar-refractivity contribution in [3.63, 3.8) is 0 Å². The van der Waals surface area contributed by atoms with Crippen LogP contribution in [-0.4, -0.2) is 22.1 Å². The summed E-state index contributed by atoms with van der Waals surface area (Å²) < 4.78 is 5.53. The Labute approximate surface area is 105 Å². The third-order valence-corrected chi connectivity index (χ3v) is 2.77. The fourth-order valence-corrected chi connectivity index (χ4v) is 1.57. The predicted octanol–water partition coefficient (Wildman–Crippen LogP) is 1.87. The molecule has 8 heteroatoms. The van der Waals surface area contributed by atoms with Crippen molar-refractivity contribution in [3.8, 4) is 5.75 Å². The molecule has 0 saturated heterocycles. The molecule has 1 rings (SSSR count). The van der Waals surface area contributed by atoms with Gasteiger partial charge in [0, 0.05) is 6.07 Å². The lowest BCUT2D eigenvalue weighted by Crippen LogP contribution is -2.31. The fourth-order valence-electron chi connectivity index (χ4n) is 1.06. The molecule has 0 saturated carbocycles. The zero-order valence-corrected chi connectivity index (χ0v) is 10.4. The molecule has 3 N–H and O–H groups in total. The lowest BCUT2D eigenvalue weighted by molar-refractivity contribution is -0.385. The summed E-state index contributed by atoms with van der Waals surface area (Å²) in [5.74, 6) is 0.127. The SMILES string of the molecule is CC(Oc1cccc([N+](=O)[O-])c1Br)/C(N)=N/O. The number of nitro groups is 1. The minimum atomic E-state index is -0.696. The number of halogens is 1. The first kappa shape index (κ1) is 13.2. The lowest BCUT2D eigenvalue weighted by atomic mass is 10.3. The van der Waals surface area contributed by atoms with Gasteiger partial charge >= 0.3 is 0 Å².